The third-order valence-electron chi connectivity index (χ3n) is 2.49. The third kappa shape index (κ3) is 22.7. The van der Waals surface area contributed by atoms with Gasteiger partial charge in [-0.3, -0.25) is 0 Å². The molecule has 0 saturated carbocycles. The van der Waals surface area contributed by atoms with Crippen LogP contribution in [0.2, 0.25) is 0 Å². The molecule has 0 aromatic rings. The summed E-state index contributed by atoms with van der Waals surface area (Å²) in [6.07, 6.45) is 5.39. The molecule has 0 nitrogen and oxygen atoms in total. The second-order valence-corrected chi connectivity index (χ2v) is 3.98. The lowest BCUT2D eigenvalue weighted by Gasteiger charge is -2.10. The minimum atomic E-state index is 0.866. The van der Waals surface area contributed by atoms with Crippen LogP contribution < -0.4 is 0 Å². The molecule has 1 atom stereocenters. The quantitative estimate of drug-likeness (QED) is 0.531. The van der Waals surface area contributed by atoms with Crippen LogP contribution >= 0.6 is 0 Å². The van der Waals surface area contributed by atoms with Crippen LogP contribution in [0.15, 0.2) is 0 Å². The van der Waals surface area contributed by atoms with E-state index in [0.29, 0.717) is 0 Å². The van der Waals surface area contributed by atoms with Gasteiger partial charge in [-0.2, -0.15) is 0 Å². The summed E-state index contributed by atoms with van der Waals surface area (Å²) in [5.74, 6) is 1.77. The molecule has 0 aliphatic carbocycles. The van der Waals surface area contributed by atoms with E-state index in [4.69, 9.17) is 0 Å². The second-order valence-electron chi connectivity index (χ2n) is 3.98. The molecule has 0 saturated heterocycles. The number of unbranched alkanes of at least 4 members (excludes halogenated alkanes) is 2. The van der Waals surface area contributed by atoms with E-state index in [1.807, 2.05) is 13.8 Å². The topological polar surface area (TPSA) is 0 Å². The minimum Gasteiger partial charge on any atom is -0.0683 e. The maximum absolute atomic E-state index is 2.30. The van der Waals surface area contributed by atoms with E-state index in [-0.39, 0.29) is 0 Å². The Hall–Kier alpha value is 0. The van der Waals surface area contributed by atoms with Gasteiger partial charge in [-0.15, -0.1) is 0 Å². The van der Waals surface area contributed by atoms with Gasteiger partial charge in [-0.1, -0.05) is 81.1 Å². The van der Waals surface area contributed by atoms with Crippen LogP contribution in [0.1, 0.15) is 81.1 Å². The van der Waals surface area contributed by atoms with Crippen molar-refractivity contribution in [3.8, 4) is 0 Å². The highest BCUT2D eigenvalue weighted by atomic mass is 14.1. The van der Waals surface area contributed by atoms with Gasteiger partial charge in [0, 0.05) is 0 Å². The zero-order chi connectivity index (χ0) is 12.0. The molecule has 0 spiro atoms. The molecular weight excluding hydrogens is 168 g/mol. The van der Waals surface area contributed by atoms with Gasteiger partial charge in [0.2, 0.25) is 0 Å². The van der Waals surface area contributed by atoms with E-state index in [1.165, 1.54) is 25.7 Å². The second kappa shape index (κ2) is 18.7. The summed E-state index contributed by atoms with van der Waals surface area (Å²) < 4.78 is 0. The molecule has 0 N–H and O–H groups in total. The first kappa shape index (κ1) is 19.6. The smallest absolute Gasteiger partial charge is 0.0422 e. The zero-order valence-corrected chi connectivity index (χ0v) is 12.0. The van der Waals surface area contributed by atoms with Crippen LogP contribution in [-0.2, 0) is 0 Å². The molecule has 0 aromatic heterocycles. The average molecular weight is 202 g/mol. The standard InChI is InChI=1S/C7H16.C5H12.C2H6/c1-5-7(4)6(2)3;1-3-5-4-2;1-2/h6-7H,5H2,1-4H3;3-5H2,1-2H3;1-2H3. The largest absolute Gasteiger partial charge is 0.0683 e. The number of rotatable bonds is 4. The Balaban J connectivity index is -0.000000152. The van der Waals surface area contributed by atoms with Gasteiger partial charge in [-0.05, 0) is 11.8 Å². The van der Waals surface area contributed by atoms with Crippen LogP contribution in [-0.4, -0.2) is 0 Å². The molecule has 0 aliphatic rings. The summed E-state index contributed by atoms with van der Waals surface area (Å²) in [5, 5.41) is 0. The van der Waals surface area contributed by atoms with E-state index < -0.39 is 0 Å². The molecule has 90 valence electrons. The maximum atomic E-state index is 2.30. The fourth-order valence-electron chi connectivity index (χ4n) is 0.825. The highest BCUT2D eigenvalue weighted by Gasteiger charge is 2.01. The average Bonchev–Trinajstić information content (AvgIpc) is 2.21. The van der Waals surface area contributed by atoms with Gasteiger partial charge in [0.25, 0.3) is 0 Å². The normalized spacial score (nSPS) is 10.9. The monoisotopic (exact) mass is 202 g/mol. The van der Waals surface area contributed by atoms with Crippen LogP contribution in [0.5, 0.6) is 0 Å². The van der Waals surface area contributed by atoms with Gasteiger partial charge in [0.1, 0.15) is 0 Å². The maximum Gasteiger partial charge on any atom is -0.0422 e. The lowest BCUT2D eigenvalue weighted by Crippen LogP contribution is -2.00. The van der Waals surface area contributed by atoms with Crippen molar-refractivity contribution in [2.45, 2.75) is 81.1 Å². The minimum absolute atomic E-state index is 0.866. The molecule has 0 aromatic carbocycles. The number of hydrogen-bond donors (Lipinski definition) is 0. The Morgan fingerprint density at radius 2 is 1.14 bits per heavy atom. The van der Waals surface area contributed by atoms with Crippen LogP contribution in [0.4, 0.5) is 0 Å². The Kier molecular flexibility index (Phi) is 26.1. The first-order valence-electron chi connectivity index (χ1n) is 6.59. The van der Waals surface area contributed by atoms with Gasteiger partial charge in [-0.25, -0.2) is 0 Å². The zero-order valence-electron chi connectivity index (χ0n) is 12.0. The summed E-state index contributed by atoms with van der Waals surface area (Å²) >= 11 is 0. The first-order chi connectivity index (χ1) is 6.59. The molecule has 0 amide bonds. The Morgan fingerprint density at radius 1 is 0.786 bits per heavy atom. The molecule has 0 rings (SSSR count). The summed E-state index contributed by atoms with van der Waals surface area (Å²) in [6, 6.07) is 0. The highest BCUT2D eigenvalue weighted by molar-refractivity contribution is 4.52. The molecule has 14 heavy (non-hydrogen) atoms. The van der Waals surface area contributed by atoms with Crippen LogP contribution in [0, 0.1) is 11.8 Å². The van der Waals surface area contributed by atoms with Crippen molar-refractivity contribution in [3.63, 3.8) is 0 Å². The SMILES string of the molecule is CC.CCC(C)C(C)C.CCCCC. The lowest BCUT2D eigenvalue weighted by molar-refractivity contribution is 0.407. The van der Waals surface area contributed by atoms with E-state index in [1.54, 1.807) is 0 Å². The van der Waals surface area contributed by atoms with Crippen molar-refractivity contribution in [2.24, 2.45) is 11.8 Å². The van der Waals surface area contributed by atoms with E-state index in [0.717, 1.165) is 11.8 Å². The van der Waals surface area contributed by atoms with Crippen molar-refractivity contribution >= 4 is 0 Å². The molecule has 0 heterocycles. The van der Waals surface area contributed by atoms with Crippen LogP contribution in [0.25, 0.3) is 0 Å². The summed E-state index contributed by atoms with van der Waals surface area (Å²) in [6.45, 7) is 17.5. The summed E-state index contributed by atoms with van der Waals surface area (Å²) in [5.41, 5.74) is 0. The predicted octanol–water partition coefficient (Wildman–Crippen LogP) is 5.91. The molecule has 0 bridgehead atoms. The molecular formula is C14H34. The van der Waals surface area contributed by atoms with E-state index in [9.17, 15) is 0 Å². The fraction of sp³-hybridized carbons (Fsp3) is 1.00. The predicted molar refractivity (Wildman–Crippen MR) is 70.8 cm³/mol. The van der Waals surface area contributed by atoms with Gasteiger partial charge in [0.15, 0.2) is 0 Å². The lowest BCUT2D eigenvalue weighted by atomic mass is 9.96. The fourth-order valence-corrected chi connectivity index (χ4v) is 0.825. The number of hydrogen-bond acceptors (Lipinski definition) is 0. The Bertz CT molecular complexity index is 62.4. The summed E-state index contributed by atoms with van der Waals surface area (Å²) in [7, 11) is 0. The van der Waals surface area contributed by atoms with Crippen molar-refractivity contribution in [3.05, 3.63) is 0 Å². The Labute approximate surface area is 93.5 Å². The van der Waals surface area contributed by atoms with Crippen molar-refractivity contribution in [1.82, 2.24) is 0 Å². The molecule has 0 radical (unpaired) electrons. The molecule has 0 heteroatoms. The van der Waals surface area contributed by atoms with Crippen molar-refractivity contribution in [1.29, 1.82) is 0 Å². The van der Waals surface area contributed by atoms with Gasteiger partial charge < -0.3 is 0 Å². The first-order valence-corrected chi connectivity index (χ1v) is 6.59. The molecule has 0 aliphatic heterocycles. The third-order valence-corrected chi connectivity index (χ3v) is 2.49. The van der Waals surface area contributed by atoms with E-state index in [2.05, 4.69) is 41.5 Å². The van der Waals surface area contributed by atoms with Gasteiger partial charge in [0.05, 0.1) is 0 Å². The van der Waals surface area contributed by atoms with Crippen molar-refractivity contribution < 1.29 is 0 Å². The Morgan fingerprint density at radius 3 is 1.14 bits per heavy atom. The van der Waals surface area contributed by atoms with Crippen LogP contribution in [0.3, 0.4) is 0 Å². The van der Waals surface area contributed by atoms with E-state index >= 15 is 0 Å². The molecule has 0 fully saturated rings. The summed E-state index contributed by atoms with van der Waals surface area (Å²) in [4.78, 5) is 0. The molecule has 1 unspecified atom stereocenters. The van der Waals surface area contributed by atoms with Gasteiger partial charge >= 0.3 is 0 Å². The highest BCUT2D eigenvalue weighted by Crippen LogP contribution is 2.11. The van der Waals surface area contributed by atoms with Crippen molar-refractivity contribution in [2.75, 3.05) is 0 Å².